The molecular formula is C47H60N14O4. The van der Waals surface area contributed by atoms with E-state index in [1.807, 2.05) is 42.2 Å². The molecule has 0 bridgehead atoms. The Balaban J connectivity index is 0.781. The van der Waals surface area contributed by atoms with E-state index < -0.39 is 0 Å². The van der Waals surface area contributed by atoms with Crippen LogP contribution in [0.15, 0.2) is 53.6 Å². The first-order valence-electron chi connectivity index (χ1n) is 22.9. The van der Waals surface area contributed by atoms with E-state index in [4.69, 9.17) is 4.98 Å². The zero-order chi connectivity index (χ0) is 45.6. The minimum atomic E-state index is -0.311. The Morgan fingerprint density at radius 2 is 1.54 bits per heavy atom. The molecular weight excluding hydrogens is 825 g/mol. The largest absolute Gasteiger partial charge is 0.373 e. The highest BCUT2D eigenvalue weighted by atomic mass is 16.2. The number of rotatable bonds is 15. The van der Waals surface area contributed by atoms with Crippen LogP contribution in [0.1, 0.15) is 103 Å². The van der Waals surface area contributed by atoms with Gasteiger partial charge in [-0.2, -0.15) is 4.98 Å². The fraction of sp³-hybridized carbons (Fsp3) is 0.489. The Bertz CT molecular complexity index is 2560. The number of carbonyl (C=O) groups excluding carboxylic acids is 3. The van der Waals surface area contributed by atoms with Crippen molar-refractivity contribution in [3.63, 3.8) is 0 Å². The Labute approximate surface area is 379 Å². The number of piperazine rings is 1. The minimum Gasteiger partial charge on any atom is -0.373 e. The Morgan fingerprint density at radius 3 is 2.20 bits per heavy atom. The van der Waals surface area contributed by atoms with E-state index in [2.05, 4.69) is 51.3 Å². The van der Waals surface area contributed by atoms with Gasteiger partial charge in [-0.1, -0.05) is 25.7 Å². The average Bonchev–Trinajstić information content (AvgIpc) is 3.85. The van der Waals surface area contributed by atoms with E-state index in [-0.39, 0.29) is 34.8 Å². The predicted molar refractivity (Wildman–Crippen MR) is 254 cm³/mol. The number of aryl methyl sites for hydroxylation is 1. The highest BCUT2D eigenvalue weighted by Gasteiger charge is 2.28. The molecule has 2 saturated carbocycles. The molecule has 18 heteroatoms. The fourth-order valence-corrected chi connectivity index (χ4v) is 9.47. The third kappa shape index (κ3) is 10.3. The van der Waals surface area contributed by atoms with Gasteiger partial charge in [-0.15, -0.1) is 10.2 Å². The molecule has 5 aromatic heterocycles. The van der Waals surface area contributed by atoms with Crippen LogP contribution in [-0.4, -0.2) is 111 Å². The van der Waals surface area contributed by atoms with Crippen LogP contribution >= 0.6 is 0 Å². The highest BCUT2D eigenvalue weighted by Crippen LogP contribution is 2.34. The van der Waals surface area contributed by atoms with E-state index in [1.54, 1.807) is 49.0 Å². The third-order valence-electron chi connectivity index (χ3n) is 13.3. The van der Waals surface area contributed by atoms with Gasteiger partial charge in [0.25, 0.3) is 11.5 Å². The molecule has 342 valence electrons. The molecule has 1 aliphatic heterocycles. The standard InChI is InChI=1S/C47H60N14O4/c1-29-36-28-51-47(55-44(36)61(33-8-6-7-9-33)46(65)42(29)30(2)62)54-38-17-15-34(27-49-38)59-22-24-60(25-23-59)41(63)21-14-31-10-12-32(13-11-31)26-50-43-35(16-18-37(48-3)52-43)45(64)53-39-19-20-40(57-56-39)58(4)5/h15-20,27-28,31-33H,6-14,21-26H2,1-5H3,(H2,48,50,52)(H,53,56,64)(H,49,51,54,55). The molecule has 0 aromatic carbocycles. The zero-order valence-electron chi connectivity index (χ0n) is 38.1. The van der Waals surface area contributed by atoms with Crippen LogP contribution in [0, 0.1) is 18.8 Å². The lowest BCUT2D eigenvalue weighted by Crippen LogP contribution is -2.48. The monoisotopic (exact) mass is 884 g/mol. The lowest BCUT2D eigenvalue weighted by molar-refractivity contribution is -0.131. The number of amides is 2. The summed E-state index contributed by atoms with van der Waals surface area (Å²) in [5.41, 5.74) is 2.48. The molecule has 8 rings (SSSR count). The van der Waals surface area contributed by atoms with Crippen LogP contribution < -0.4 is 36.6 Å². The maximum atomic E-state index is 13.6. The first-order valence-corrected chi connectivity index (χ1v) is 22.9. The van der Waals surface area contributed by atoms with Gasteiger partial charge in [-0.05, 0) is 99.7 Å². The SMILES string of the molecule is CNc1ccc(C(=O)Nc2ccc(N(C)C)nn2)c(NCC2CCC(CCC(=O)N3CCN(c4ccc(Nc5ncc6c(C)c(C(C)=O)c(=O)n(C7CCCC7)c6n5)nc4)CC3)CC2)n1. The fourth-order valence-electron chi connectivity index (χ4n) is 9.47. The molecule has 4 N–H and O–H groups in total. The molecule has 3 aliphatic rings. The maximum Gasteiger partial charge on any atom is 0.263 e. The van der Waals surface area contributed by atoms with E-state index >= 15 is 0 Å². The van der Waals surface area contributed by atoms with E-state index in [1.165, 1.54) is 6.92 Å². The third-order valence-corrected chi connectivity index (χ3v) is 13.3. The molecule has 5 aromatic rings. The van der Waals surface area contributed by atoms with Crippen LogP contribution in [0.25, 0.3) is 11.0 Å². The molecule has 3 fully saturated rings. The number of ketones is 1. The van der Waals surface area contributed by atoms with Crippen LogP contribution in [0.2, 0.25) is 0 Å². The van der Waals surface area contributed by atoms with Gasteiger partial charge in [0.05, 0.1) is 23.0 Å². The van der Waals surface area contributed by atoms with E-state index in [0.29, 0.717) is 95.1 Å². The summed E-state index contributed by atoms with van der Waals surface area (Å²) in [7, 11) is 5.56. The van der Waals surface area contributed by atoms with Crippen LogP contribution in [0.4, 0.5) is 40.7 Å². The van der Waals surface area contributed by atoms with E-state index in [0.717, 1.165) is 76.6 Å². The molecule has 2 amide bonds. The average molecular weight is 885 g/mol. The topological polar surface area (TPSA) is 208 Å². The van der Waals surface area contributed by atoms with Crippen molar-refractivity contribution in [1.29, 1.82) is 0 Å². The number of fused-ring (bicyclic) bond motifs is 1. The summed E-state index contributed by atoms with van der Waals surface area (Å²) in [6.07, 6.45) is 13.0. The lowest BCUT2D eigenvalue weighted by atomic mass is 9.80. The molecule has 18 nitrogen and oxygen atoms in total. The summed E-state index contributed by atoms with van der Waals surface area (Å²) in [6, 6.07) is 11.0. The van der Waals surface area contributed by atoms with Gasteiger partial charge < -0.3 is 36.0 Å². The second-order valence-electron chi connectivity index (χ2n) is 17.8. The van der Waals surface area contributed by atoms with E-state index in [9.17, 15) is 19.2 Å². The number of carbonyl (C=O) groups is 3. The summed E-state index contributed by atoms with van der Waals surface area (Å²) in [5.74, 6) is 3.77. The number of anilines is 7. The summed E-state index contributed by atoms with van der Waals surface area (Å²) in [5, 5.41) is 21.5. The van der Waals surface area contributed by atoms with Gasteiger partial charge in [0.1, 0.15) is 23.1 Å². The summed E-state index contributed by atoms with van der Waals surface area (Å²) >= 11 is 0. The maximum absolute atomic E-state index is 13.6. The normalized spacial score (nSPS) is 17.8. The van der Waals surface area contributed by atoms with Crippen molar-refractivity contribution in [2.45, 2.75) is 84.1 Å². The van der Waals surface area contributed by atoms with Crippen LogP contribution in [0.3, 0.4) is 0 Å². The number of aromatic nitrogens is 7. The first-order chi connectivity index (χ1) is 31.4. The number of pyridine rings is 3. The van der Waals surface area contributed by atoms with Gasteiger partial charge >= 0.3 is 0 Å². The van der Waals surface area contributed by atoms with Gasteiger partial charge in [0.15, 0.2) is 17.4 Å². The molecule has 0 unspecified atom stereocenters. The molecule has 65 heavy (non-hydrogen) atoms. The second kappa shape index (κ2) is 20.0. The molecule has 2 aliphatic carbocycles. The molecule has 0 radical (unpaired) electrons. The Hall–Kier alpha value is -6.72. The second-order valence-corrected chi connectivity index (χ2v) is 17.8. The number of Topliss-reactive ketones (excluding diaryl/α,β-unsaturated/α-hetero) is 1. The predicted octanol–water partition coefficient (Wildman–Crippen LogP) is 6.45. The smallest absolute Gasteiger partial charge is 0.263 e. The van der Waals surface area contributed by atoms with Crippen molar-refractivity contribution in [2.75, 3.05) is 84.9 Å². The molecule has 1 saturated heterocycles. The van der Waals surface area contributed by atoms with Gasteiger partial charge in [-0.25, -0.2) is 15.0 Å². The quantitative estimate of drug-likeness (QED) is 0.0834. The summed E-state index contributed by atoms with van der Waals surface area (Å²) in [6.45, 7) is 6.69. The molecule has 0 atom stereocenters. The first kappa shape index (κ1) is 44.9. The van der Waals surface area contributed by atoms with Gasteiger partial charge in [0, 0.05) is 77.9 Å². The van der Waals surface area contributed by atoms with Crippen molar-refractivity contribution in [2.24, 2.45) is 11.8 Å². The number of hydrogen-bond donors (Lipinski definition) is 4. The van der Waals surface area contributed by atoms with Crippen molar-refractivity contribution < 1.29 is 14.4 Å². The Morgan fingerprint density at radius 1 is 0.815 bits per heavy atom. The van der Waals surface area contributed by atoms with Gasteiger partial charge in [-0.3, -0.25) is 23.7 Å². The highest BCUT2D eigenvalue weighted by molar-refractivity contribution is 6.07. The molecule has 0 spiro atoms. The zero-order valence-corrected chi connectivity index (χ0v) is 38.1. The van der Waals surface area contributed by atoms with Crippen LogP contribution in [-0.2, 0) is 4.79 Å². The summed E-state index contributed by atoms with van der Waals surface area (Å²) in [4.78, 5) is 77.4. The van der Waals surface area contributed by atoms with Crippen molar-refractivity contribution in [1.82, 2.24) is 39.6 Å². The number of hydrogen-bond acceptors (Lipinski definition) is 15. The summed E-state index contributed by atoms with van der Waals surface area (Å²) < 4.78 is 1.71. The number of nitrogens with zero attached hydrogens (tertiary/aromatic N) is 10. The van der Waals surface area contributed by atoms with Crippen molar-refractivity contribution in [3.05, 3.63) is 75.8 Å². The van der Waals surface area contributed by atoms with Crippen LogP contribution in [0.5, 0.6) is 0 Å². The van der Waals surface area contributed by atoms with Crippen molar-refractivity contribution in [3.8, 4) is 0 Å². The Kier molecular flexibility index (Phi) is 13.8. The number of nitrogens with one attached hydrogen (secondary N) is 4. The lowest BCUT2D eigenvalue weighted by Gasteiger charge is -2.36. The van der Waals surface area contributed by atoms with Crippen molar-refractivity contribution >= 4 is 69.4 Å². The minimum absolute atomic E-state index is 0.000498. The van der Waals surface area contributed by atoms with Gasteiger partial charge in [0.2, 0.25) is 11.9 Å². The molecule has 6 heterocycles.